The van der Waals surface area contributed by atoms with E-state index in [2.05, 4.69) is 31.3 Å². The fraction of sp³-hybridized carbons (Fsp3) is 0.294. The summed E-state index contributed by atoms with van der Waals surface area (Å²) in [6, 6.07) is 16.0. The largest absolute Gasteiger partial charge is 0.457 e. The summed E-state index contributed by atoms with van der Waals surface area (Å²) in [6.45, 7) is 5.29. The Morgan fingerprint density at radius 3 is 2.00 bits per heavy atom. The molecule has 0 radical (unpaired) electrons. The molecule has 3 heteroatoms. The van der Waals surface area contributed by atoms with Crippen LogP contribution in [0.15, 0.2) is 48.5 Å². The van der Waals surface area contributed by atoms with Crippen LogP contribution in [-0.2, 0) is 0 Å². The van der Waals surface area contributed by atoms with Gasteiger partial charge in [0.1, 0.15) is 11.5 Å². The Hall–Kier alpha value is -1.51. The first kappa shape index (κ1) is 14.9. The molecule has 0 saturated carbocycles. The van der Waals surface area contributed by atoms with Crippen LogP contribution in [0.25, 0.3) is 0 Å². The van der Waals surface area contributed by atoms with Crippen LogP contribution < -0.4 is 10.1 Å². The second-order valence-corrected chi connectivity index (χ2v) is 5.08. The number of ether oxygens (including phenoxy) is 1. The van der Waals surface area contributed by atoms with E-state index in [1.165, 1.54) is 5.56 Å². The van der Waals surface area contributed by atoms with Crippen LogP contribution in [0.3, 0.4) is 0 Å². The monoisotopic (exact) mass is 289 g/mol. The molecule has 1 N–H and O–H groups in total. The first-order valence-electron chi connectivity index (χ1n) is 6.99. The van der Waals surface area contributed by atoms with E-state index in [9.17, 15) is 0 Å². The second kappa shape index (κ2) is 7.32. The zero-order valence-electron chi connectivity index (χ0n) is 11.9. The summed E-state index contributed by atoms with van der Waals surface area (Å²) >= 11 is 5.85. The van der Waals surface area contributed by atoms with Crippen molar-refractivity contribution in [3.05, 3.63) is 59.1 Å². The maximum atomic E-state index is 5.85. The third kappa shape index (κ3) is 3.99. The van der Waals surface area contributed by atoms with Crippen LogP contribution in [0.1, 0.15) is 31.9 Å². The minimum Gasteiger partial charge on any atom is -0.457 e. The Bertz CT molecular complexity index is 522. The minimum absolute atomic E-state index is 0.407. The molecule has 2 nitrogen and oxygen atoms in total. The summed E-state index contributed by atoms with van der Waals surface area (Å²) in [5.41, 5.74) is 1.29. The lowest BCUT2D eigenvalue weighted by Gasteiger charge is -2.16. The van der Waals surface area contributed by atoms with Crippen molar-refractivity contribution in [2.45, 2.75) is 26.3 Å². The number of rotatable bonds is 6. The van der Waals surface area contributed by atoms with Gasteiger partial charge in [-0.2, -0.15) is 0 Å². The van der Waals surface area contributed by atoms with Gasteiger partial charge in [0.15, 0.2) is 0 Å². The summed E-state index contributed by atoms with van der Waals surface area (Å²) in [4.78, 5) is 0. The molecule has 0 aliphatic carbocycles. The predicted molar refractivity (Wildman–Crippen MR) is 84.7 cm³/mol. The summed E-state index contributed by atoms with van der Waals surface area (Å²) in [6.07, 6.45) is 1.07. The van der Waals surface area contributed by atoms with Crippen LogP contribution in [-0.4, -0.2) is 6.54 Å². The summed E-state index contributed by atoms with van der Waals surface area (Å²) < 4.78 is 5.78. The SMILES string of the molecule is CCNC(CC)c1ccc(Oc2ccc(Cl)cc2)cc1. The average molecular weight is 290 g/mol. The van der Waals surface area contributed by atoms with Crippen LogP contribution in [0.5, 0.6) is 11.5 Å². The Balaban J connectivity index is 2.06. The highest BCUT2D eigenvalue weighted by atomic mass is 35.5. The van der Waals surface area contributed by atoms with Gasteiger partial charge in [0.25, 0.3) is 0 Å². The summed E-state index contributed by atoms with van der Waals surface area (Å²) in [5.74, 6) is 1.63. The molecule has 0 saturated heterocycles. The molecule has 0 bridgehead atoms. The molecule has 1 atom stereocenters. The number of nitrogens with one attached hydrogen (secondary N) is 1. The Labute approximate surface area is 125 Å². The van der Waals surface area contributed by atoms with E-state index in [1.54, 1.807) is 0 Å². The molecule has 106 valence electrons. The first-order valence-corrected chi connectivity index (χ1v) is 7.37. The van der Waals surface area contributed by atoms with E-state index in [0.717, 1.165) is 24.5 Å². The van der Waals surface area contributed by atoms with E-state index in [1.807, 2.05) is 36.4 Å². The molecule has 0 heterocycles. The van der Waals surface area contributed by atoms with Crippen molar-refractivity contribution in [3.8, 4) is 11.5 Å². The van der Waals surface area contributed by atoms with E-state index >= 15 is 0 Å². The van der Waals surface area contributed by atoms with Gasteiger partial charge >= 0.3 is 0 Å². The van der Waals surface area contributed by atoms with Crippen molar-refractivity contribution >= 4 is 11.6 Å². The van der Waals surface area contributed by atoms with Crippen LogP contribution >= 0.6 is 11.6 Å². The third-order valence-corrected chi connectivity index (χ3v) is 3.44. The van der Waals surface area contributed by atoms with Gasteiger partial charge in [-0.15, -0.1) is 0 Å². The molecule has 2 aromatic carbocycles. The van der Waals surface area contributed by atoms with Gasteiger partial charge < -0.3 is 10.1 Å². The Kier molecular flexibility index (Phi) is 5.45. The lowest BCUT2D eigenvalue weighted by atomic mass is 10.0. The zero-order chi connectivity index (χ0) is 14.4. The molecular formula is C17H20ClNO. The normalized spacial score (nSPS) is 12.2. The fourth-order valence-corrected chi connectivity index (χ4v) is 2.28. The molecule has 20 heavy (non-hydrogen) atoms. The van der Waals surface area contributed by atoms with Crippen molar-refractivity contribution in [2.75, 3.05) is 6.54 Å². The third-order valence-electron chi connectivity index (χ3n) is 3.19. The minimum atomic E-state index is 0.407. The van der Waals surface area contributed by atoms with Crippen molar-refractivity contribution in [1.82, 2.24) is 5.32 Å². The quantitative estimate of drug-likeness (QED) is 0.790. The van der Waals surface area contributed by atoms with Crippen molar-refractivity contribution in [1.29, 1.82) is 0 Å². The maximum Gasteiger partial charge on any atom is 0.127 e. The molecule has 1 unspecified atom stereocenters. The van der Waals surface area contributed by atoms with E-state index in [0.29, 0.717) is 11.1 Å². The van der Waals surface area contributed by atoms with Crippen LogP contribution in [0.4, 0.5) is 0 Å². The predicted octanol–water partition coefficient (Wildman–Crippen LogP) is 5.19. The van der Waals surface area contributed by atoms with Crippen molar-refractivity contribution in [3.63, 3.8) is 0 Å². The topological polar surface area (TPSA) is 21.3 Å². The van der Waals surface area contributed by atoms with Crippen LogP contribution in [0, 0.1) is 0 Å². The van der Waals surface area contributed by atoms with Gasteiger partial charge in [-0.25, -0.2) is 0 Å². The van der Waals surface area contributed by atoms with Gasteiger partial charge in [-0.3, -0.25) is 0 Å². The number of hydrogen-bond acceptors (Lipinski definition) is 2. The second-order valence-electron chi connectivity index (χ2n) is 4.64. The maximum absolute atomic E-state index is 5.85. The highest BCUT2D eigenvalue weighted by Crippen LogP contribution is 2.25. The highest BCUT2D eigenvalue weighted by molar-refractivity contribution is 6.30. The van der Waals surface area contributed by atoms with E-state index in [4.69, 9.17) is 16.3 Å². The lowest BCUT2D eigenvalue weighted by Crippen LogP contribution is -2.19. The lowest BCUT2D eigenvalue weighted by molar-refractivity contribution is 0.481. The van der Waals surface area contributed by atoms with Crippen molar-refractivity contribution in [2.24, 2.45) is 0 Å². The molecule has 0 fully saturated rings. The van der Waals surface area contributed by atoms with Crippen LogP contribution in [0.2, 0.25) is 5.02 Å². The summed E-state index contributed by atoms with van der Waals surface area (Å²) in [5, 5.41) is 4.18. The standard InChI is InChI=1S/C17H20ClNO/c1-3-17(19-4-2)13-5-9-15(10-6-13)20-16-11-7-14(18)8-12-16/h5-12,17,19H,3-4H2,1-2H3. The molecule has 2 rings (SSSR count). The molecule has 2 aromatic rings. The average Bonchev–Trinajstić information content (AvgIpc) is 2.48. The van der Waals surface area contributed by atoms with Crippen molar-refractivity contribution < 1.29 is 4.74 Å². The summed E-state index contributed by atoms with van der Waals surface area (Å²) in [7, 11) is 0. The first-order chi connectivity index (χ1) is 9.72. The highest BCUT2D eigenvalue weighted by Gasteiger charge is 2.07. The van der Waals surface area contributed by atoms with Gasteiger partial charge in [-0.1, -0.05) is 37.6 Å². The molecule has 0 spiro atoms. The van der Waals surface area contributed by atoms with Gasteiger partial charge in [0, 0.05) is 11.1 Å². The number of halogens is 1. The zero-order valence-corrected chi connectivity index (χ0v) is 12.7. The smallest absolute Gasteiger partial charge is 0.127 e. The molecular weight excluding hydrogens is 270 g/mol. The van der Waals surface area contributed by atoms with Gasteiger partial charge in [-0.05, 0) is 54.9 Å². The van der Waals surface area contributed by atoms with Gasteiger partial charge in [0.05, 0.1) is 0 Å². The number of benzene rings is 2. The fourth-order valence-electron chi connectivity index (χ4n) is 2.15. The Morgan fingerprint density at radius 2 is 1.50 bits per heavy atom. The number of hydrogen-bond donors (Lipinski definition) is 1. The van der Waals surface area contributed by atoms with E-state index < -0.39 is 0 Å². The van der Waals surface area contributed by atoms with E-state index in [-0.39, 0.29) is 0 Å². The molecule has 0 amide bonds. The molecule has 0 aliphatic rings. The van der Waals surface area contributed by atoms with Gasteiger partial charge in [0.2, 0.25) is 0 Å². The molecule has 0 aliphatic heterocycles. The Morgan fingerprint density at radius 1 is 0.950 bits per heavy atom. The molecule has 0 aromatic heterocycles.